The summed E-state index contributed by atoms with van der Waals surface area (Å²) in [7, 11) is 0. The van der Waals surface area contributed by atoms with E-state index in [0.29, 0.717) is 12.1 Å². The van der Waals surface area contributed by atoms with Gasteiger partial charge in [0.25, 0.3) is 0 Å². The second kappa shape index (κ2) is 3.56. The third-order valence-corrected chi connectivity index (χ3v) is 4.24. The fourth-order valence-electron chi connectivity index (χ4n) is 2.37. The maximum absolute atomic E-state index is 8.66. The van der Waals surface area contributed by atoms with Gasteiger partial charge in [-0.05, 0) is 32.2 Å². The van der Waals surface area contributed by atoms with Crippen LogP contribution in [0.2, 0.25) is 0 Å². The number of rotatable bonds is 3. The third-order valence-electron chi connectivity index (χ3n) is 3.01. The first kappa shape index (κ1) is 8.85. The van der Waals surface area contributed by atoms with E-state index < -0.39 is 0 Å². The highest BCUT2D eigenvalue weighted by Gasteiger charge is 2.45. The van der Waals surface area contributed by atoms with Gasteiger partial charge in [-0.3, -0.25) is 0 Å². The Kier molecular flexibility index (Phi) is 2.63. The first-order chi connectivity index (χ1) is 5.85. The van der Waals surface area contributed by atoms with Crippen LogP contribution in [0.15, 0.2) is 0 Å². The first-order valence-electron chi connectivity index (χ1n) is 4.82. The lowest BCUT2D eigenvalue weighted by molar-refractivity contribution is 0.226. The minimum atomic E-state index is 0.335. The quantitative estimate of drug-likeness (QED) is 0.691. The van der Waals surface area contributed by atoms with Crippen LogP contribution in [0.5, 0.6) is 0 Å². The zero-order valence-electron chi connectivity index (χ0n) is 7.38. The molecular formula is C9H17NOS. The average molecular weight is 187 g/mol. The summed E-state index contributed by atoms with van der Waals surface area (Å²) in [6.07, 6.45) is 5.40. The number of nitrogens with one attached hydrogen (secondary N) is 1. The molecule has 2 aliphatic rings. The molecule has 1 heterocycles. The van der Waals surface area contributed by atoms with Crippen molar-refractivity contribution in [3.63, 3.8) is 0 Å². The Morgan fingerprint density at radius 1 is 1.50 bits per heavy atom. The molecule has 1 aliphatic carbocycles. The maximum atomic E-state index is 8.66. The Balaban J connectivity index is 1.68. The molecule has 1 saturated heterocycles. The Labute approximate surface area is 78.1 Å². The van der Waals surface area contributed by atoms with Crippen molar-refractivity contribution < 1.29 is 5.11 Å². The SMILES string of the molecule is OCCSC1CC2(CCCN2)C1. The molecule has 0 aromatic carbocycles. The van der Waals surface area contributed by atoms with Gasteiger partial charge in [-0.15, -0.1) is 0 Å². The molecule has 12 heavy (non-hydrogen) atoms. The standard InChI is InChI=1S/C9H17NOS/c11-4-5-12-8-6-9(7-8)2-1-3-10-9/h8,10-11H,1-7H2. The smallest absolute Gasteiger partial charge is 0.0521 e. The molecule has 1 aliphatic heterocycles. The molecule has 70 valence electrons. The van der Waals surface area contributed by atoms with E-state index in [1.807, 2.05) is 11.8 Å². The Morgan fingerprint density at radius 2 is 2.33 bits per heavy atom. The Hall–Kier alpha value is 0.270. The van der Waals surface area contributed by atoms with Crippen molar-refractivity contribution in [1.82, 2.24) is 5.32 Å². The molecule has 3 heteroatoms. The number of aliphatic hydroxyl groups is 1. The topological polar surface area (TPSA) is 32.3 Å². The van der Waals surface area contributed by atoms with Crippen molar-refractivity contribution in [2.75, 3.05) is 18.9 Å². The number of aliphatic hydroxyl groups excluding tert-OH is 1. The van der Waals surface area contributed by atoms with Crippen LogP contribution < -0.4 is 5.32 Å². The van der Waals surface area contributed by atoms with Crippen molar-refractivity contribution in [3.05, 3.63) is 0 Å². The summed E-state index contributed by atoms with van der Waals surface area (Å²) >= 11 is 1.93. The molecule has 2 fully saturated rings. The average Bonchev–Trinajstić information content (AvgIpc) is 2.46. The van der Waals surface area contributed by atoms with E-state index in [1.165, 1.54) is 32.2 Å². The fraction of sp³-hybridized carbons (Fsp3) is 1.00. The van der Waals surface area contributed by atoms with Crippen molar-refractivity contribution in [3.8, 4) is 0 Å². The van der Waals surface area contributed by atoms with Crippen LogP contribution in [0.25, 0.3) is 0 Å². The molecular weight excluding hydrogens is 170 g/mol. The summed E-state index contributed by atoms with van der Waals surface area (Å²) in [5, 5.41) is 13.1. The van der Waals surface area contributed by atoms with Gasteiger partial charge >= 0.3 is 0 Å². The van der Waals surface area contributed by atoms with Crippen LogP contribution in [0.1, 0.15) is 25.7 Å². The summed E-state index contributed by atoms with van der Waals surface area (Å²) in [4.78, 5) is 0. The predicted molar refractivity (Wildman–Crippen MR) is 52.5 cm³/mol. The van der Waals surface area contributed by atoms with Gasteiger partial charge in [0.1, 0.15) is 0 Å². The largest absolute Gasteiger partial charge is 0.396 e. The Morgan fingerprint density at radius 3 is 2.92 bits per heavy atom. The third kappa shape index (κ3) is 1.63. The van der Waals surface area contributed by atoms with Crippen LogP contribution in [-0.2, 0) is 0 Å². The molecule has 0 aromatic rings. The number of hydrogen-bond acceptors (Lipinski definition) is 3. The highest BCUT2D eigenvalue weighted by atomic mass is 32.2. The van der Waals surface area contributed by atoms with Crippen LogP contribution in [0.4, 0.5) is 0 Å². The molecule has 2 N–H and O–H groups in total. The zero-order valence-corrected chi connectivity index (χ0v) is 8.20. The van der Waals surface area contributed by atoms with E-state index >= 15 is 0 Å². The van der Waals surface area contributed by atoms with Crippen molar-refractivity contribution in [2.24, 2.45) is 0 Å². The summed E-state index contributed by atoms with van der Waals surface area (Å²) in [5.74, 6) is 0.917. The molecule has 0 bridgehead atoms. The van der Waals surface area contributed by atoms with Gasteiger partial charge in [-0.25, -0.2) is 0 Å². The molecule has 0 radical (unpaired) electrons. The zero-order chi connectivity index (χ0) is 8.44. The molecule has 0 atom stereocenters. The van der Waals surface area contributed by atoms with Crippen molar-refractivity contribution in [1.29, 1.82) is 0 Å². The first-order valence-corrected chi connectivity index (χ1v) is 5.87. The molecule has 1 spiro atoms. The van der Waals surface area contributed by atoms with Gasteiger partial charge in [-0.2, -0.15) is 11.8 Å². The molecule has 0 unspecified atom stereocenters. The van der Waals surface area contributed by atoms with Crippen molar-refractivity contribution >= 4 is 11.8 Å². The minimum absolute atomic E-state index is 0.335. The van der Waals surface area contributed by atoms with Gasteiger partial charge in [0.15, 0.2) is 0 Å². The Bertz CT molecular complexity index is 149. The highest BCUT2D eigenvalue weighted by molar-refractivity contribution is 7.99. The molecule has 2 nitrogen and oxygen atoms in total. The second-order valence-corrected chi connectivity index (χ2v) is 5.34. The molecule has 0 aromatic heterocycles. The van der Waals surface area contributed by atoms with Gasteiger partial charge in [-0.1, -0.05) is 0 Å². The van der Waals surface area contributed by atoms with E-state index in [9.17, 15) is 0 Å². The lowest BCUT2D eigenvalue weighted by Crippen LogP contribution is -2.52. The monoisotopic (exact) mass is 187 g/mol. The van der Waals surface area contributed by atoms with Crippen LogP contribution >= 0.6 is 11.8 Å². The maximum Gasteiger partial charge on any atom is 0.0521 e. The summed E-state index contributed by atoms with van der Waals surface area (Å²) in [5.41, 5.74) is 0.535. The van der Waals surface area contributed by atoms with Crippen LogP contribution in [-0.4, -0.2) is 34.8 Å². The van der Waals surface area contributed by atoms with E-state index in [-0.39, 0.29) is 0 Å². The number of hydrogen-bond donors (Lipinski definition) is 2. The molecule has 1 saturated carbocycles. The minimum Gasteiger partial charge on any atom is -0.396 e. The van der Waals surface area contributed by atoms with Gasteiger partial charge in [0, 0.05) is 16.5 Å². The van der Waals surface area contributed by atoms with Crippen LogP contribution in [0, 0.1) is 0 Å². The molecule has 2 rings (SSSR count). The highest BCUT2D eigenvalue weighted by Crippen LogP contribution is 2.44. The van der Waals surface area contributed by atoms with E-state index in [1.54, 1.807) is 0 Å². The van der Waals surface area contributed by atoms with Crippen LogP contribution in [0.3, 0.4) is 0 Å². The fourth-order valence-corrected chi connectivity index (χ4v) is 3.68. The molecule has 0 amide bonds. The second-order valence-electron chi connectivity index (χ2n) is 3.94. The van der Waals surface area contributed by atoms with Gasteiger partial charge in [0.05, 0.1) is 6.61 Å². The van der Waals surface area contributed by atoms with E-state index in [2.05, 4.69) is 5.32 Å². The summed E-state index contributed by atoms with van der Waals surface area (Å²) in [6, 6.07) is 0. The van der Waals surface area contributed by atoms with Gasteiger partial charge < -0.3 is 10.4 Å². The summed E-state index contributed by atoms with van der Waals surface area (Å²) in [6.45, 7) is 1.55. The lowest BCUT2D eigenvalue weighted by atomic mass is 9.75. The number of thioether (sulfide) groups is 1. The van der Waals surface area contributed by atoms with E-state index in [4.69, 9.17) is 5.11 Å². The van der Waals surface area contributed by atoms with Crippen molar-refractivity contribution in [2.45, 2.75) is 36.5 Å². The lowest BCUT2D eigenvalue weighted by Gasteiger charge is -2.45. The normalized spacial score (nSPS) is 40.2. The summed E-state index contributed by atoms with van der Waals surface area (Å²) < 4.78 is 0. The predicted octanol–water partition coefficient (Wildman–Crippen LogP) is 0.996. The van der Waals surface area contributed by atoms with E-state index in [0.717, 1.165) is 11.0 Å². The van der Waals surface area contributed by atoms with Gasteiger partial charge in [0.2, 0.25) is 0 Å².